The molecule has 2 heteroatoms. The van der Waals surface area contributed by atoms with Gasteiger partial charge in [0, 0.05) is 6.04 Å². The number of benzene rings is 1. The summed E-state index contributed by atoms with van der Waals surface area (Å²) in [6.07, 6.45) is 1.28. The Kier molecular flexibility index (Phi) is 6.20. The fourth-order valence-electron chi connectivity index (χ4n) is 2.28. The number of methoxy groups -OCH3 is 1. The van der Waals surface area contributed by atoms with Gasteiger partial charge in [0.05, 0.1) is 7.11 Å². The van der Waals surface area contributed by atoms with Crippen molar-refractivity contribution in [1.82, 2.24) is 5.32 Å². The van der Waals surface area contributed by atoms with Crippen molar-refractivity contribution in [2.45, 2.75) is 40.2 Å². The molecular formula is C16H27NO. The molecule has 0 aliphatic heterocycles. The lowest BCUT2D eigenvalue weighted by molar-refractivity contribution is 0.395. The summed E-state index contributed by atoms with van der Waals surface area (Å²) < 4.78 is 5.17. The highest BCUT2D eigenvalue weighted by atomic mass is 16.5. The first-order chi connectivity index (χ1) is 8.52. The second-order valence-corrected chi connectivity index (χ2v) is 5.64. The van der Waals surface area contributed by atoms with Gasteiger partial charge in [0.15, 0.2) is 0 Å². The first-order valence-electron chi connectivity index (χ1n) is 6.90. The first kappa shape index (κ1) is 15.0. The third kappa shape index (κ3) is 5.09. The van der Waals surface area contributed by atoms with E-state index >= 15 is 0 Å². The van der Waals surface area contributed by atoms with Crippen molar-refractivity contribution in [1.29, 1.82) is 0 Å². The number of ether oxygens (including phenoxy) is 1. The molecule has 2 unspecified atom stereocenters. The highest BCUT2D eigenvalue weighted by Gasteiger charge is 2.09. The molecule has 0 bridgehead atoms. The van der Waals surface area contributed by atoms with Gasteiger partial charge < -0.3 is 10.1 Å². The highest BCUT2D eigenvalue weighted by molar-refractivity contribution is 5.28. The van der Waals surface area contributed by atoms with Crippen molar-refractivity contribution in [3.8, 4) is 5.75 Å². The van der Waals surface area contributed by atoms with Gasteiger partial charge in [-0.3, -0.25) is 0 Å². The van der Waals surface area contributed by atoms with Crippen molar-refractivity contribution >= 4 is 0 Å². The van der Waals surface area contributed by atoms with Gasteiger partial charge in [0.1, 0.15) is 5.75 Å². The second kappa shape index (κ2) is 7.42. The topological polar surface area (TPSA) is 21.3 Å². The van der Waals surface area contributed by atoms with Gasteiger partial charge >= 0.3 is 0 Å². The van der Waals surface area contributed by atoms with Gasteiger partial charge in [-0.1, -0.05) is 32.9 Å². The molecule has 2 nitrogen and oxygen atoms in total. The molecule has 0 saturated heterocycles. The van der Waals surface area contributed by atoms with E-state index in [0.29, 0.717) is 6.04 Å². The van der Waals surface area contributed by atoms with Crippen LogP contribution in [0.15, 0.2) is 24.3 Å². The van der Waals surface area contributed by atoms with Gasteiger partial charge in [-0.25, -0.2) is 0 Å². The Morgan fingerprint density at radius 1 is 1.06 bits per heavy atom. The Labute approximate surface area is 112 Å². The predicted octanol–water partition coefficient (Wildman–Crippen LogP) is 4.03. The standard InChI is InChI=1S/C16H27NO/c1-12(2)10-13(3)11-17-14(4)15-6-8-16(18-5)9-7-15/h6-9,12-14,17H,10-11H2,1-5H3. The fraction of sp³-hybridized carbons (Fsp3) is 0.625. The van der Waals surface area contributed by atoms with E-state index in [1.165, 1.54) is 12.0 Å². The van der Waals surface area contributed by atoms with E-state index in [1.807, 2.05) is 12.1 Å². The number of rotatable bonds is 7. The minimum Gasteiger partial charge on any atom is -0.497 e. The minimum absolute atomic E-state index is 0.394. The maximum absolute atomic E-state index is 5.17. The molecule has 0 aromatic heterocycles. The molecule has 102 valence electrons. The Balaban J connectivity index is 2.42. The van der Waals surface area contributed by atoms with Crippen molar-refractivity contribution in [2.75, 3.05) is 13.7 Å². The molecule has 1 N–H and O–H groups in total. The fourth-order valence-corrected chi connectivity index (χ4v) is 2.28. The molecule has 0 aliphatic rings. The summed E-state index contributed by atoms with van der Waals surface area (Å²) in [5.74, 6) is 2.42. The third-order valence-electron chi connectivity index (χ3n) is 3.26. The average Bonchev–Trinajstić information content (AvgIpc) is 2.35. The van der Waals surface area contributed by atoms with Crippen LogP contribution < -0.4 is 10.1 Å². The molecule has 0 heterocycles. The van der Waals surface area contributed by atoms with Crippen LogP contribution in [-0.4, -0.2) is 13.7 Å². The smallest absolute Gasteiger partial charge is 0.118 e. The zero-order valence-electron chi connectivity index (χ0n) is 12.4. The molecule has 0 radical (unpaired) electrons. The number of nitrogens with one attached hydrogen (secondary N) is 1. The van der Waals surface area contributed by atoms with Gasteiger partial charge in [-0.15, -0.1) is 0 Å². The zero-order chi connectivity index (χ0) is 13.5. The maximum atomic E-state index is 5.17. The molecule has 18 heavy (non-hydrogen) atoms. The molecule has 0 fully saturated rings. The third-order valence-corrected chi connectivity index (χ3v) is 3.26. The Morgan fingerprint density at radius 3 is 2.17 bits per heavy atom. The molecule has 0 aliphatic carbocycles. The SMILES string of the molecule is COc1ccc(C(C)NCC(C)CC(C)C)cc1. The Bertz CT molecular complexity index is 331. The molecule has 1 aromatic carbocycles. The summed E-state index contributed by atoms with van der Waals surface area (Å²) in [6, 6.07) is 8.69. The van der Waals surface area contributed by atoms with E-state index in [0.717, 1.165) is 24.1 Å². The van der Waals surface area contributed by atoms with Crippen LogP contribution in [0.3, 0.4) is 0 Å². The number of hydrogen-bond donors (Lipinski definition) is 1. The van der Waals surface area contributed by atoms with Crippen LogP contribution in [0.2, 0.25) is 0 Å². The van der Waals surface area contributed by atoms with Crippen LogP contribution in [0.4, 0.5) is 0 Å². The largest absolute Gasteiger partial charge is 0.497 e. The van der Waals surface area contributed by atoms with Gasteiger partial charge in [0.2, 0.25) is 0 Å². The lowest BCUT2D eigenvalue weighted by atomic mass is 9.98. The van der Waals surface area contributed by atoms with Crippen molar-refractivity contribution in [3.05, 3.63) is 29.8 Å². The summed E-state index contributed by atoms with van der Waals surface area (Å²) in [4.78, 5) is 0. The van der Waals surface area contributed by atoms with Crippen LogP contribution in [-0.2, 0) is 0 Å². The lowest BCUT2D eigenvalue weighted by Gasteiger charge is -2.19. The molecular weight excluding hydrogens is 222 g/mol. The van der Waals surface area contributed by atoms with Crippen LogP contribution >= 0.6 is 0 Å². The van der Waals surface area contributed by atoms with E-state index in [-0.39, 0.29) is 0 Å². The molecule has 0 spiro atoms. The highest BCUT2D eigenvalue weighted by Crippen LogP contribution is 2.18. The molecule has 1 rings (SSSR count). The molecule has 1 aromatic rings. The van der Waals surface area contributed by atoms with E-state index in [9.17, 15) is 0 Å². The lowest BCUT2D eigenvalue weighted by Crippen LogP contribution is -2.25. The van der Waals surface area contributed by atoms with Gasteiger partial charge in [-0.05, 0) is 49.4 Å². The maximum Gasteiger partial charge on any atom is 0.118 e. The summed E-state index contributed by atoms with van der Waals surface area (Å²) in [7, 11) is 1.70. The minimum atomic E-state index is 0.394. The van der Waals surface area contributed by atoms with E-state index in [2.05, 4.69) is 45.1 Å². The first-order valence-corrected chi connectivity index (χ1v) is 6.90. The average molecular weight is 249 g/mol. The summed E-state index contributed by atoms with van der Waals surface area (Å²) in [5, 5.41) is 3.60. The molecule has 2 atom stereocenters. The molecule has 0 amide bonds. The van der Waals surface area contributed by atoms with E-state index < -0.39 is 0 Å². The van der Waals surface area contributed by atoms with Crippen LogP contribution in [0.1, 0.15) is 45.7 Å². The van der Waals surface area contributed by atoms with Gasteiger partial charge in [-0.2, -0.15) is 0 Å². The Hall–Kier alpha value is -1.02. The van der Waals surface area contributed by atoms with Crippen LogP contribution in [0.25, 0.3) is 0 Å². The van der Waals surface area contributed by atoms with E-state index in [4.69, 9.17) is 4.74 Å². The quantitative estimate of drug-likeness (QED) is 0.788. The predicted molar refractivity (Wildman–Crippen MR) is 78.0 cm³/mol. The summed E-state index contributed by atoms with van der Waals surface area (Å²) >= 11 is 0. The van der Waals surface area contributed by atoms with Crippen LogP contribution in [0.5, 0.6) is 5.75 Å². The second-order valence-electron chi connectivity index (χ2n) is 5.64. The molecule has 0 saturated carbocycles. The van der Waals surface area contributed by atoms with Gasteiger partial charge in [0.25, 0.3) is 0 Å². The van der Waals surface area contributed by atoms with Crippen molar-refractivity contribution in [3.63, 3.8) is 0 Å². The van der Waals surface area contributed by atoms with Crippen molar-refractivity contribution in [2.24, 2.45) is 11.8 Å². The summed E-state index contributed by atoms with van der Waals surface area (Å²) in [6.45, 7) is 10.2. The zero-order valence-corrected chi connectivity index (χ0v) is 12.4. The van der Waals surface area contributed by atoms with Crippen molar-refractivity contribution < 1.29 is 4.74 Å². The normalized spacial score (nSPS) is 14.6. The van der Waals surface area contributed by atoms with E-state index in [1.54, 1.807) is 7.11 Å². The Morgan fingerprint density at radius 2 is 1.67 bits per heavy atom. The summed E-state index contributed by atoms with van der Waals surface area (Å²) in [5.41, 5.74) is 1.31. The number of hydrogen-bond acceptors (Lipinski definition) is 2. The monoisotopic (exact) mass is 249 g/mol. The van der Waals surface area contributed by atoms with Crippen LogP contribution in [0, 0.1) is 11.8 Å².